The quantitative estimate of drug-likeness (QED) is 0.755. The Labute approximate surface area is 87.8 Å². The maximum absolute atomic E-state index is 6.12. The first-order chi connectivity index (χ1) is 6.61. The summed E-state index contributed by atoms with van der Waals surface area (Å²) >= 11 is 6.12. The molecule has 76 valence electrons. The lowest BCUT2D eigenvalue weighted by molar-refractivity contribution is 0.733. The Hall–Kier alpha value is -0.870. The summed E-state index contributed by atoms with van der Waals surface area (Å²) in [4.78, 5) is 4.36. The average molecular weight is 213 g/mol. The molecule has 5 heteroatoms. The molecule has 1 unspecified atom stereocenters. The van der Waals surface area contributed by atoms with Crippen LogP contribution in [-0.4, -0.2) is 28.2 Å². The van der Waals surface area contributed by atoms with Gasteiger partial charge in [-0.1, -0.05) is 11.6 Å². The van der Waals surface area contributed by atoms with Gasteiger partial charge in [-0.15, -0.1) is 0 Å². The molecule has 1 aromatic heterocycles. The summed E-state index contributed by atoms with van der Waals surface area (Å²) in [6.45, 7) is 4.55. The number of fused-ring (bicyclic) bond motifs is 1. The molecule has 1 atom stereocenters. The number of rotatable bonds is 1. The van der Waals surface area contributed by atoms with Crippen LogP contribution in [0.4, 0.5) is 0 Å². The van der Waals surface area contributed by atoms with Crippen molar-refractivity contribution in [3.63, 3.8) is 0 Å². The fourth-order valence-electron chi connectivity index (χ4n) is 1.64. The number of aryl methyl sites for hydroxylation is 1. The molecule has 0 spiro atoms. The van der Waals surface area contributed by atoms with E-state index >= 15 is 0 Å². The molecule has 0 saturated heterocycles. The molecular formula is C9H13ClN4. The Morgan fingerprint density at radius 1 is 1.57 bits per heavy atom. The van der Waals surface area contributed by atoms with Crippen molar-refractivity contribution in [1.82, 2.24) is 9.78 Å². The smallest absolute Gasteiger partial charge is 0.141 e. The third kappa shape index (κ3) is 1.35. The van der Waals surface area contributed by atoms with Crippen LogP contribution in [0, 0.1) is 6.92 Å². The second kappa shape index (κ2) is 3.37. The molecule has 0 bridgehead atoms. The highest BCUT2D eigenvalue weighted by molar-refractivity contribution is 6.32. The second-order valence-corrected chi connectivity index (χ2v) is 3.91. The van der Waals surface area contributed by atoms with Crippen LogP contribution in [0.3, 0.4) is 0 Å². The van der Waals surface area contributed by atoms with Crippen LogP contribution < -0.4 is 5.73 Å². The molecule has 2 rings (SSSR count). The molecular weight excluding hydrogens is 200 g/mol. The molecule has 0 radical (unpaired) electrons. The van der Waals surface area contributed by atoms with E-state index in [-0.39, 0.29) is 6.04 Å². The average Bonchev–Trinajstić information content (AvgIpc) is 2.43. The van der Waals surface area contributed by atoms with Gasteiger partial charge >= 0.3 is 0 Å². The van der Waals surface area contributed by atoms with E-state index in [1.54, 1.807) is 4.68 Å². The maximum Gasteiger partial charge on any atom is 0.141 e. The molecule has 14 heavy (non-hydrogen) atoms. The van der Waals surface area contributed by atoms with Crippen molar-refractivity contribution in [2.45, 2.75) is 26.3 Å². The van der Waals surface area contributed by atoms with Crippen LogP contribution in [-0.2, 0) is 6.42 Å². The Kier molecular flexibility index (Phi) is 2.33. The molecule has 0 saturated carbocycles. The predicted molar refractivity (Wildman–Crippen MR) is 57.0 cm³/mol. The lowest BCUT2D eigenvalue weighted by Crippen LogP contribution is -2.36. The minimum absolute atomic E-state index is 0.107. The normalized spacial score (nSPS) is 17.6. The molecule has 0 amide bonds. The molecule has 2 N–H and O–H groups in total. The summed E-state index contributed by atoms with van der Waals surface area (Å²) in [7, 11) is 0. The first-order valence-electron chi connectivity index (χ1n) is 4.65. The van der Waals surface area contributed by atoms with E-state index in [1.807, 2.05) is 13.8 Å². The highest BCUT2D eigenvalue weighted by Gasteiger charge is 2.21. The monoisotopic (exact) mass is 212 g/mol. The summed E-state index contributed by atoms with van der Waals surface area (Å²) in [5.41, 5.74) is 7.68. The third-order valence-corrected chi connectivity index (χ3v) is 2.82. The summed E-state index contributed by atoms with van der Waals surface area (Å²) in [6, 6.07) is -0.107. The highest BCUT2D eigenvalue weighted by Crippen LogP contribution is 2.23. The Balaban J connectivity index is 2.54. The van der Waals surface area contributed by atoms with Crippen molar-refractivity contribution in [2.24, 2.45) is 10.7 Å². The number of hydrogen-bond acceptors (Lipinski definition) is 3. The fraction of sp³-hybridized carbons (Fsp3) is 0.556. The highest BCUT2D eigenvalue weighted by atomic mass is 35.5. The Morgan fingerprint density at radius 2 is 2.29 bits per heavy atom. The topological polar surface area (TPSA) is 56.2 Å². The first kappa shape index (κ1) is 9.68. The summed E-state index contributed by atoms with van der Waals surface area (Å²) in [5, 5.41) is 5.08. The molecule has 2 heterocycles. The largest absolute Gasteiger partial charge is 0.322 e. The summed E-state index contributed by atoms with van der Waals surface area (Å²) in [5.74, 6) is 0.807. The van der Waals surface area contributed by atoms with E-state index in [4.69, 9.17) is 17.3 Å². The SMILES string of the molecule is Cc1nn2c(c1Cl)CCN=C2C(C)N. The maximum atomic E-state index is 6.12. The summed E-state index contributed by atoms with van der Waals surface area (Å²) < 4.78 is 1.78. The van der Waals surface area contributed by atoms with Gasteiger partial charge in [0.05, 0.1) is 22.5 Å². The number of hydrogen-bond donors (Lipinski definition) is 1. The zero-order chi connectivity index (χ0) is 10.3. The lowest BCUT2D eigenvalue weighted by atomic mass is 10.2. The molecule has 0 fully saturated rings. The van der Waals surface area contributed by atoms with Crippen LogP contribution in [0.1, 0.15) is 18.3 Å². The van der Waals surface area contributed by atoms with Crippen LogP contribution in [0.15, 0.2) is 4.99 Å². The van der Waals surface area contributed by atoms with Crippen molar-refractivity contribution in [3.8, 4) is 0 Å². The number of nitrogens with zero attached hydrogens (tertiary/aromatic N) is 3. The number of aromatic nitrogens is 2. The standard InChI is InChI=1S/C9H13ClN4/c1-5(11)9-12-4-3-7-8(10)6(2)13-14(7)9/h5H,3-4,11H2,1-2H3. The molecule has 1 aromatic rings. The number of aliphatic imine (C=N–C) groups is 1. The zero-order valence-electron chi connectivity index (χ0n) is 8.29. The van der Waals surface area contributed by atoms with Gasteiger partial charge in [0.1, 0.15) is 5.84 Å². The van der Waals surface area contributed by atoms with Gasteiger partial charge in [0, 0.05) is 13.0 Å². The van der Waals surface area contributed by atoms with Crippen LogP contribution >= 0.6 is 11.6 Å². The van der Waals surface area contributed by atoms with Crippen molar-refractivity contribution >= 4 is 17.4 Å². The van der Waals surface area contributed by atoms with Gasteiger partial charge in [-0.25, -0.2) is 4.68 Å². The second-order valence-electron chi connectivity index (χ2n) is 3.54. The van der Waals surface area contributed by atoms with E-state index in [9.17, 15) is 0 Å². The van der Waals surface area contributed by atoms with Crippen molar-refractivity contribution in [1.29, 1.82) is 0 Å². The molecule has 0 aromatic carbocycles. The molecule has 0 aliphatic carbocycles. The third-order valence-electron chi connectivity index (χ3n) is 2.32. The van der Waals surface area contributed by atoms with E-state index in [0.717, 1.165) is 35.2 Å². The van der Waals surface area contributed by atoms with Gasteiger partial charge in [-0.2, -0.15) is 5.10 Å². The van der Waals surface area contributed by atoms with E-state index in [2.05, 4.69) is 10.1 Å². The van der Waals surface area contributed by atoms with E-state index in [1.165, 1.54) is 0 Å². The zero-order valence-corrected chi connectivity index (χ0v) is 9.04. The minimum atomic E-state index is -0.107. The van der Waals surface area contributed by atoms with Crippen molar-refractivity contribution in [2.75, 3.05) is 6.54 Å². The Morgan fingerprint density at radius 3 is 2.93 bits per heavy atom. The Bertz CT molecular complexity index is 392. The van der Waals surface area contributed by atoms with Crippen molar-refractivity contribution < 1.29 is 0 Å². The van der Waals surface area contributed by atoms with Crippen LogP contribution in [0.5, 0.6) is 0 Å². The van der Waals surface area contributed by atoms with Crippen molar-refractivity contribution in [3.05, 3.63) is 16.4 Å². The van der Waals surface area contributed by atoms with Gasteiger partial charge in [0.2, 0.25) is 0 Å². The fourth-order valence-corrected chi connectivity index (χ4v) is 1.85. The predicted octanol–water partition coefficient (Wildman–Crippen LogP) is 0.995. The summed E-state index contributed by atoms with van der Waals surface area (Å²) in [6.07, 6.45) is 0.843. The first-order valence-corrected chi connectivity index (χ1v) is 5.03. The van der Waals surface area contributed by atoms with E-state index in [0.29, 0.717) is 0 Å². The van der Waals surface area contributed by atoms with Gasteiger partial charge in [-0.05, 0) is 13.8 Å². The number of halogens is 1. The van der Waals surface area contributed by atoms with Gasteiger partial charge < -0.3 is 5.73 Å². The van der Waals surface area contributed by atoms with Gasteiger partial charge in [0.15, 0.2) is 0 Å². The molecule has 4 nitrogen and oxygen atoms in total. The van der Waals surface area contributed by atoms with Gasteiger partial charge in [-0.3, -0.25) is 4.99 Å². The van der Waals surface area contributed by atoms with Crippen LogP contribution in [0.2, 0.25) is 5.02 Å². The van der Waals surface area contributed by atoms with E-state index < -0.39 is 0 Å². The van der Waals surface area contributed by atoms with Gasteiger partial charge in [0.25, 0.3) is 0 Å². The molecule has 1 aliphatic heterocycles. The number of nitrogens with two attached hydrogens (primary N) is 1. The minimum Gasteiger partial charge on any atom is -0.322 e. The lowest BCUT2D eigenvalue weighted by Gasteiger charge is -2.17. The van der Waals surface area contributed by atoms with Crippen LogP contribution in [0.25, 0.3) is 0 Å². The molecule has 1 aliphatic rings.